The molecule has 0 radical (unpaired) electrons. The van der Waals surface area contributed by atoms with Crippen molar-refractivity contribution in [2.75, 3.05) is 19.6 Å². The van der Waals surface area contributed by atoms with Crippen LogP contribution in [0, 0.1) is 0 Å². The molecule has 0 N–H and O–H groups in total. The zero-order chi connectivity index (χ0) is 10.2. The maximum absolute atomic E-state index is 4.59. The standard InChI is InChI=1S/C12H25NS/c1-2-7-12(14)8-6-11-13-9-4-3-5-10-13/h12,14H,2-11H2,1H3. The molecule has 1 nitrogen and oxygen atoms in total. The van der Waals surface area contributed by atoms with Crippen LogP contribution in [0.3, 0.4) is 0 Å². The molecular weight excluding hydrogens is 190 g/mol. The highest BCUT2D eigenvalue weighted by Gasteiger charge is 2.09. The minimum atomic E-state index is 0.643. The zero-order valence-corrected chi connectivity index (χ0v) is 10.4. The van der Waals surface area contributed by atoms with Crippen LogP contribution in [-0.4, -0.2) is 29.8 Å². The molecule has 1 fully saturated rings. The Hall–Kier alpha value is 0.310. The van der Waals surface area contributed by atoms with Gasteiger partial charge in [-0.2, -0.15) is 12.6 Å². The first-order valence-corrected chi connectivity index (χ1v) is 6.75. The van der Waals surface area contributed by atoms with E-state index in [9.17, 15) is 0 Å². The lowest BCUT2D eigenvalue weighted by atomic mass is 10.1. The Morgan fingerprint density at radius 1 is 1.14 bits per heavy atom. The van der Waals surface area contributed by atoms with Gasteiger partial charge in [-0.3, -0.25) is 0 Å². The molecule has 1 saturated heterocycles. The van der Waals surface area contributed by atoms with Gasteiger partial charge in [0.15, 0.2) is 0 Å². The van der Waals surface area contributed by atoms with Crippen molar-refractivity contribution in [1.82, 2.24) is 4.90 Å². The van der Waals surface area contributed by atoms with E-state index in [1.807, 2.05) is 0 Å². The van der Waals surface area contributed by atoms with Crippen LogP contribution >= 0.6 is 12.6 Å². The number of likely N-dealkylation sites (tertiary alicyclic amines) is 1. The maximum Gasteiger partial charge on any atom is 0.00171 e. The zero-order valence-electron chi connectivity index (χ0n) is 9.54. The predicted molar refractivity (Wildman–Crippen MR) is 67.2 cm³/mol. The largest absolute Gasteiger partial charge is 0.303 e. The third kappa shape index (κ3) is 5.26. The van der Waals surface area contributed by atoms with E-state index in [1.54, 1.807) is 0 Å². The Kier molecular flexibility index (Phi) is 6.70. The van der Waals surface area contributed by atoms with Gasteiger partial charge in [0.25, 0.3) is 0 Å². The van der Waals surface area contributed by atoms with Crippen LogP contribution in [0.15, 0.2) is 0 Å². The second-order valence-corrected chi connectivity index (χ2v) is 5.22. The van der Waals surface area contributed by atoms with E-state index in [0.717, 1.165) is 0 Å². The van der Waals surface area contributed by atoms with Gasteiger partial charge in [-0.05, 0) is 51.7 Å². The Morgan fingerprint density at radius 2 is 1.86 bits per heavy atom. The molecule has 0 aromatic carbocycles. The Labute approximate surface area is 94.7 Å². The Morgan fingerprint density at radius 3 is 2.50 bits per heavy atom. The molecule has 1 unspecified atom stereocenters. The van der Waals surface area contributed by atoms with Crippen LogP contribution < -0.4 is 0 Å². The van der Waals surface area contributed by atoms with Gasteiger partial charge in [0.2, 0.25) is 0 Å². The minimum Gasteiger partial charge on any atom is -0.303 e. The third-order valence-electron chi connectivity index (χ3n) is 3.08. The minimum absolute atomic E-state index is 0.643. The molecule has 0 saturated carbocycles. The van der Waals surface area contributed by atoms with Gasteiger partial charge in [0.05, 0.1) is 0 Å². The first-order chi connectivity index (χ1) is 6.83. The molecule has 0 amide bonds. The second kappa shape index (κ2) is 7.58. The maximum atomic E-state index is 4.59. The fourth-order valence-corrected chi connectivity index (χ4v) is 2.65. The summed E-state index contributed by atoms with van der Waals surface area (Å²) in [5.74, 6) is 0. The van der Waals surface area contributed by atoms with Gasteiger partial charge in [0, 0.05) is 5.25 Å². The highest BCUT2D eigenvalue weighted by Crippen LogP contribution is 2.14. The fraction of sp³-hybridized carbons (Fsp3) is 1.00. The van der Waals surface area contributed by atoms with Crippen LogP contribution in [-0.2, 0) is 0 Å². The molecule has 0 bridgehead atoms. The average molecular weight is 215 g/mol. The summed E-state index contributed by atoms with van der Waals surface area (Å²) in [5, 5.41) is 0.643. The van der Waals surface area contributed by atoms with Crippen molar-refractivity contribution < 1.29 is 0 Å². The molecule has 0 aromatic heterocycles. The lowest BCUT2D eigenvalue weighted by Crippen LogP contribution is -2.30. The molecular formula is C12H25NS. The van der Waals surface area contributed by atoms with E-state index < -0.39 is 0 Å². The molecule has 1 aliphatic rings. The van der Waals surface area contributed by atoms with E-state index in [0.29, 0.717) is 5.25 Å². The van der Waals surface area contributed by atoms with Crippen molar-refractivity contribution in [2.24, 2.45) is 0 Å². The van der Waals surface area contributed by atoms with Crippen molar-refractivity contribution >= 4 is 12.6 Å². The summed E-state index contributed by atoms with van der Waals surface area (Å²) in [6, 6.07) is 0. The lowest BCUT2D eigenvalue weighted by Gasteiger charge is -2.26. The Balaban J connectivity index is 1.96. The first kappa shape index (κ1) is 12.4. The molecule has 2 heteroatoms. The number of nitrogens with zero attached hydrogens (tertiary/aromatic N) is 1. The number of hydrogen-bond acceptors (Lipinski definition) is 2. The molecule has 1 heterocycles. The van der Waals surface area contributed by atoms with Crippen molar-refractivity contribution in [3.05, 3.63) is 0 Å². The van der Waals surface area contributed by atoms with E-state index in [4.69, 9.17) is 0 Å². The van der Waals surface area contributed by atoms with Gasteiger partial charge < -0.3 is 4.90 Å². The quantitative estimate of drug-likeness (QED) is 0.665. The molecule has 0 aliphatic carbocycles. The van der Waals surface area contributed by atoms with Crippen LogP contribution in [0.5, 0.6) is 0 Å². The van der Waals surface area contributed by atoms with E-state index in [-0.39, 0.29) is 0 Å². The van der Waals surface area contributed by atoms with Gasteiger partial charge in [-0.15, -0.1) is 0 Å². The summed E-state index contributed by atoms with van der Waals surface area (Å²) in [6.45, 7) is 6.23. The van der Waals surface area contributed by atoms with Gasteiger partial charge in [-0.1, -0.05) is 19.8 Å². The number of thiol groups is 1. The van der Waals surface area contributed by atoms with E-state index in [1.165, 1.54) is 64.6 Å². The molecule has 1 rings (SSSR count). The first-order valence-electron chi connectivity index (χ1n) is 6.23. The summed E-state index contributed by atoms with van der Waals surface area (Å²) in [4.78, 5) is 2.62. The van der Waals surface area contributed by atoms with E-state index in [2.05, 4.69) is 24.5 Å². The normalized spacial score (nSPS) is 21.0. The SMILES string of the molecule is CCCC(S)CCCN1CCCCC1. The summed E-state index contributed by atoms with van der Waals surface area (Å²) in [5.41, 5.74) is 0. The molecule has 1 atom stereocenters. The van der Waals surface area contributed by atoms with Crippen molar-refractivity contribution in [1.29, 1.82) is 0 Å². The average Bonchev–Trinajstić information content (AvgIpc) is 2.20. The molecule has 84 valence electrons. The topological polar surface area (TPSA) is 3.24 Å². The van der Waals surface area contributed by atoms with Crippen LogP contribution in [0.4, 0.5) is 0 Å². The number of piperidine rings is 1. The van der Waals surface area contributed by atoms with Crippen LogP contribution in [0.2, 0.25) is 0 Å². The highest BCUT2D eigenvalue weighted by atomic mass is 32.1. The third-order valence-corrected chi connectivity index (χ3v) is 3.60. The van der Waals surface area contributed by atoms with Crippen molar-refractivity contribution in [3.8, 4) is 0 Å². The summed E-state index contributed by atoms with van der Waals surface area (Å²) in [7, 11) is 0. The summed E-state index contributed by atoms with van der Waals surface area (Å²) in [6.07, 6.45) is 9.47. The summed E-state index contributed by atoms with van der Waals surface area (Å²) >= 11 is 4.59. The smallest absolute Gasteiger partial charge is 0.00171 e. The van der Waals surface area contributed by atoms with Crippen molar-refractivity contribution in [2.45, 2.75) is 57.1 Å². The molecule has 0 aromatic rings. The predicted octanol–water partition coefficient (Wildman–Crippen LogP) is 3.35. The number of rotatable bonds is 6. The van der Waals surface area contributed by atoms with Gasteiger partial charge in [-0.25, -0.2) is 0 Å². The fourth-order valence-electron chi connectivity index (χ4n) is 2.21. The lowest BCUT2D eigenvalue weighted by molar-refractivity contribution is 0.224. The highest BCUT2D eigenvalue weighted by molar-refractivity contribution is 7.80. The van der Waals surface area contributed by atoms with Crippen LogP contribution in [0.1, 0.15) is 51.9 Å². The van der Waals surface area contributed by atoms with E-state index >= 15 is 0 Å². The molecule has 0 spiro atoms. The van der Waals surface area contributed by atoms with Crippen LogP contribution in [0.25, 0.3) is 0 Å². The second-order valence-electron chi connectivity index (χ2n) is 4.49. The van der Waals surface area contributed by atoms with Gasteiger partial charge in [0.1, 0.15) is 0 Å². The number of hydrogen-bond donors (Lipinski definition) is 1. The molecule has 14 heavy (non-hydrogen) atoms. The monoisotopic (exact) mass is 215 g/mol. The van der Waals surface area contributed by atoms with Gasteiger partial charge >= 0.3 is 0 Å². The van der Waals surface area contributed by atoms with Crippen molar-refractivity contribution in [3.63, 3.8) is 0 Å². The molecule has 1 aliphatic heterocycles. The summed E-state index contributed by atoms with van der Waals surface area (Å²) < 4.78 is 0. The Bertz CT molecular complexity index is 132.